The van der Waals surface area contributed by atoms with Crippen LogP contribution in [0, 0.1) is 5.82 Å². The Balaban J connectivity index is 2.12. The second kappa shape index (κ2) is 5.57. The zero-order valence-corrected chi connectivity index (χ0v) is 11.8. The molecule has 0 saturated heterocycles. The maximum atomic E-state index is 14.1. The van der Waals surface area contributed by atoms with Crippen LogP contribution in [-0.2, 0) is 6.54 Å². The Bertz CT molecular complexity index is 838. The minimum absolute atomic E-state index is 0.0415. The Morgan fingerprint density at radius 2 is 1.74 bits per heavy atom. The number of aryl methyl sites for hydroxylation is 1. The van der Waals surface area contributed by atoms with Crippen molar-refractivity contribution in [2.45, 2.75) is 19.1 Å². The second-order valence-electron chi connectivity index (χ2n) is 5.12. The highest BCUT2D eigenvalue weighted by molar-refractivity contribution is 5.93. The molecule has 0 amide bonds. The van der Waals surface area contributed by atoms with Crippen molar-refractivity contribution in [3.63, 3.8) is 0 Å². The maximum absolute atomic E-state index is 14.1. The molecular formula is C16H12F4N2O. The number of rotatable bonds is 3. The molecule has 0 fully saturated rings. The number of fused-ring (bicyclic) bond motifs is 1. The molecule has 23 heavy (non-hydrogen) atoms. The van der Waals surface area contributed by atoms with Crippen molar-refractivity contribution in [1.82, 2.24) is 9.78 Å². The van der Waals surface area contributed by atoms with Crippen LogP contribution in [0.1, 0.15) is 6.42 Å². The normalized spacial score (nSPS) is 12.0. The number of nitrogens with zero attached hydrogens (tertiary/aromatic N) is 2. The van der Waals surface area contributed by atoms with E-state index in [1.54, 1.807) is 18.2 Å². The predicted molar refractivity (Wildman–Crippen MR) is 77.5 cm³/mol. The number of phenolic OH excluding ortho intramolecular Hbond substituents is 1. The lowest BCUT2D eigenvalue weighted by molar-refractivity contribution is -0.137. The summed E-state index contributed by atoms with van der Waals surface area (Å²) in [6, 6.07) is 10.3. The van der Waals surface area contributed by atoms with E-state index in [4.69, 9.17) is 0 Å². The van der Waals surface area contributed by atoms with E-state index in [-0.39, 0.29) is 11.3 Å². The number of benzene rings is 2. The lowest BCUT2D eigenvalue weighted by atomic mass is 10.1. The molecule has 0 bridgehead atoms. The monoisotopic (exact) mass is 324 g/mol. The van der Waals surface area contributed by atoms with Crippen molar-refractivity contribution in [1.29, 1.82) is 0 Å². The minimum Gasteiger partial charge on any atom is -0.508 e. The number of para-hydroxylation sites is 1. The Kier molecular flexibility index (Phi) is 3.71. The molecular weight excluding hydrogens is 312 g/mol. The van der Waals surface area contributed by atoms with E-state index in [0.29, 0.717) is 16.6 Å². The summed E-state index contributed by atoms with van der Waals surface area (Å²) in [5, 5.41) is 13.9. The van der Waals surface area contributed by atoms with Gasteiger partial charge in [-0.3, -0.25) is 4.68 Å². The summed E-state index contributed by atoms with van der Waals surface area (Å²) in [5.41, 5.74) is 1.01. The molecule has 1 heterocycles. The van der Waals surface area contributed by atoms with Crippen LogP contribution in [0.4, 0.5) is 17.6 Å². The number of alkyl halides is 3. The molecule has 3 rings (SSSR count). The van der Waals surface area contributed by atoms with E-state index in [1.165, 1.54) is 24.3 Å². The lowest BCUT2D eigenvalue weighted by Crippen LogP contribution is -2.13. The average molecular weight is 324 g/mol. The molecule has 120 valence electrons. The number of halogens is 4. The van der Waals surface area contributed by atoms with Crippen LogP contribution in [-0.4, -0.2) is 21.1 Å². The predicted octanol–water partition coefficient (Wildman–Crippen LogP) is 4.50. The highest BCUT2D eigenvalue weighted by Gasteiger charge is 2.28. The molecule has 0 atom stereocenters. The van der Waals surface area contributed by atoms with Crippen molar-refractivity contribution in [3.8, 4) is 17.0 Å². The first kappa shape index (κ1) is 15.3. The second-order valence-corrected chi connectivity index (χ2v) is 5.12. The van der Waals surface area contributed by atoms with Crippen molar-refractivity contribution >= 4 is 10.9 Å². The number of phenols is 1. The third-order valence-corrected chi connectivity index (χ3v) is 3.47. The highest BCUT2D eigenvalue weighted by Crippen LogP contribution is 2.31. The third kappa shape index (κ3) is 3.13. The van der Waals surface area contributed by atoms with Gasteiger partial charge in [0.25, 0.3) is 0 Å². The summed E-state index contributed by atoms with van der Waals surface area (Å²) in [6.07, 6.45) is -5.44. The zero-order chi connectivity index (χ0) is 16.6. The molecule has 0 radical (unpaired) electrons. The van der Waals surface area contributed by atoms with E-state index >= 15 is 0 Å². The Labute approximate surface area is 128 Å². The molecule has 3 aromatic rings. The minimum atomic E-state index is -4.35. The summed E-state index contributed by atoms with van der Waals surface area (Å²) in [7, 11) is 0. The van der Waals surface area contributed by atoms with Crippen molar-refractivity contribution in [2.24, 2.45) is 0 Å². The Morgan fingerprint density at radius 1 is 1.04 bits per heavy atom. The van der Waals surface area contributed by atoms with Crippen molar-refractivity contribution in [3.05, 3.63) is 48.3 Å². The molecule has 0 aliphatic carbocycles. The summed E-state index contributed by atoms with van der Waals surface area (Å²) >= 11 is 0. The van der Waals surface area contributed by atoms with Crippen LogP contribution in [0.2, 0.25) is 0 Å². The first-order chi connectivity index (χ1) is 10.8. The van der Waals surface area contributed by atoms with Crippen LogP contribution >= 0.6 is 0 Å². The van der Waals surface area contributed by atoms with Gasteiger partial charge in [0.1, 0.15) is 22.8 Å². The summed E-state index contributed by atoms with van der Waals surface area (Å²) < 4.78 is 52.5. The Morgan fingerprint density at radius 3 is 2.39 bits per heavy atom. The molecule has 1 aromatic heterocycles. The quantitative estimate of drug-likeness (QED) is 0.720. The van der Waals surface area contributed by atoms with Crippen molar-refractivity contribution < 1.29 is 22.7 Å². The van der Waals surface area contributed by atoms with Crippen LogP contribution in [0.3, 0.4) is 0 Å². The zero-order valence-electron chi connectivity index (χ0n) is 11.8. The van der Waals surface area contributed by atoms with Gasteiger partial charge < -0.3 is 5.11 Å². The highest BCUT2D eigenvalue weighted by atomic mass is 19.4. The summed E-state index contributed by atoms with van der Waals surface area (Å²) in [6.45, 7) is -0.459. The van der Waals surface area contributed by atoms with E-state index < -0.39 is 25.0 Å². The van der Waals surface area contributed by atoms with E-state index in [1.807, 2.05) is 0 Å². The fourth-order valence-electron chi connectivity index (χ4n) is 2.42. The molecule has 0 unspecified atom stereocenters. The van der Waals surface area contributed by atoms with Gasteiger partial charge in [0.15, 0.2) is 0 Å². The van der Waals surface area contributed by atoms with Gasteiger partial charge >= 0.3 is 6.18 Å². The summed E-state index contributed by atoms with van der Waals surface area (Å²) in [5.74, 6) is -0.567. The number of hydrogen-bond acceptors (Lipinski definition) is 2. The number of hydrogen-bond donors (Lipinski definition) is 1. The van der Waals surface area contributed by atoms with E-state index in [0.717, 1.165) is 4.68 Å². The molecule has 0 saturated carbocycles. The number of aromatic nitrogens is 2. The molecule has 7 heteroatoms. The van der Waals surface area contributed by atoms with Gasteiger partial charge in [0.2, 0.25) is 0 Å². The SMILES string of the molecule is Oc1ccc(-c2nn(CCC(F)(F)F)c3c(F)cccc23)cc1. The van der Waals surface area contributed by atoms with Gasteiger partial charge in [0.05, 0.1) is 13.0 Å². The molecule has 2 aromatic carbocycles. The first-order valence-corrected chi connectivity index (χ1v) is 6.86. The van der Waals surface area contributed by atoms with Crippen molar-refractivity contribution in [2.75, 3.05) is 0 Å². The van der Waals surface area contributed by atoms with Gasteiger partial charge in [-0.25, -0.2) is 4.39 Å². The fraction of sp³-hybridized carbons (Fsp3) is 0.188. The average Bonchev–Trinajstić information content (AvgIpc) is 2.86. The van der Waals surface area contributed by atoms with Gasteiger partial charge in [-0.2, -0.15) is 18.3 Å². The van der Waals surface area contributed by atoms with Crippen LogP contribution in [0.5, 0.6) is 5.75 Å². The molecule has 3 nitrogen and oxygen atoms in total. The standard InChI is InChI=1S/C16H12F4N2O/c17-13-3-1-2-12-14(10-4-6-11(23)7-5-10)21-22(15(12)13)9-8-16(18,19)20/h1-7,23H,8-9H2. The summed E-state index contributed by atoms with van der Waals surface area (Å²) in [4.78, 5) is 0. The first-order valence-electron chi connectivity index (χ1n) is 6.86. The molecule has 1 N–H and O–H groups in total. The lowest BCUT2D eigenvalue weighted by Gasteiger charge is -2.07. The van der Waals surface area contributed by atoms with Gasteiger partial charge in [-0.15, -0.1) is 0 Å². The third-order valence-electron chi connectivity index (χ3n) is 3.47. The molecule has 0 aliphatic rings. The van der Waals surface area contributed by atoms with Gasteiger partial charge in [0, 0.05) is 10.9 Å². The number of aromatic hydroxyl groups is 1. The Hall–Kier alpha value is -2.57. The van der Waals surface area contributed by atoms with E-state index in [2.05, 4.69) is 5.10 Å². The largest absolute Gasteiger partial charge is 0.508 e. The molecule has 0 aliphatic heterocycles. The van der Waals surface area contributed by atoms with Gasteiger partial charge in [-0.1, -0.05) is 12.1 Å². The maximum Gasteiger partial charge on any atom is 0.390 e. The van der Waals surface area contributed by atoms with Crippen LogP contribution in [0.25, 0.3) is 22.2 Å². The smallest absolute Gasteiger partial charge is 0.390 e. The van der Waals surface area contributed by atoms with Crippen LogP contribution in [0.15, 0.2) is 42.5 Å². The van der Waals surface area contributed by atoms with Gasteiger partial charge in [-0.05, 0) is 30.3 Å². The van der Waals surface area contributed by atoms with Crippen LogP contribution < -0.4 is 0 Å². The fourth-order valence-corrected chi connectivity index (χ4v) is 2.42. The molecule has 0 spiro atoms. The van der Waals surface area contributed by atoms with E-state index in [9.17, 15) is 22.7 Å². The topological polar surface area (TPSA) is 38.1 Å².